The standard InChI is InChI=1S/C18H18I2N2O/c19-13-8-9-15(20)14(12-13)18(23)21-16-6-2-3-7-17(16)22-10-4-1-5-11-22/h2-3,6-9,12H,1,4-5,10-11H2,(H,21,23). The number of rotatable bonds is 3. The van der Waals surface area contributed by atoms with Gasteiger partial charge in [-0.05, 0) is 94.8 Å². The quantitative estimate of drug-likeness (QED) is 0.556. The van der Waals surface area contributed by atoms with Crippen LogP contribution in [0.4, 0.5) is 11.4 Å². The molecule has 3 nitrogen and oxygen atoms in total. The highest BCUT2D eigenvalue weighted by Crippen LogP contribution is 2.29. The van der Waals surface area contributed by atoms with Crippen LogP contribution in [0.5, 0.6) is 0 Å². The zero-order valence-corrected chi connectivity index (χ0v) is 17.0. The third kappa shape index (κ3) is 4.17. The highest BCUT2D eigenvalue weighted by molar-refractivity contribution is 14.1. The molecule has 0 bridgehead atoms. The van der Waals surface area contributed by atoms with Gasteiger partial charge in [-0.3, -0.25) is 4.79 Å². The molecule has 1 aliphatic heterocycles. The maximum atomic E-state index is 12.7. The predicted octanol–water partition coefficient (Wildman–Crippen LogP) is 5.14. The second kappa shape index (κ2) is 7.83. The normalized spacial score (nSPS) is 14.6. The van der Waals surface area contributed by atoms with Crippen molar-refractivity contribution in [2.24, 2.45) is 0 Å². The van der Waals surface area contributed by atoms with Crippen molar-refractivity contribution in [3.63, 3.8) is 0 Å². The molecule has 1 amide bonds. The van der Waals surface area contributed by atoms with Crippen molar-refractivity contribution in [2.45, 2.75) is 19.3 Å². The van der Waals surface area contributed by atoms with E-state index in [-0.39, 0.29) is 5.91 Å². The summed E-state index contributed by atoms with van der Waals surface area (Å²) >= 11 is 4.45. The number of carbonyl (C=O) groups is 1. The first kappa shape index (κ1) is 17.0. The fourth-order valence-electron chi connectivity index (χ4n) is 2.85. The van der Waals surface area contributed by atoms with Crippen LogP contribution >= 0.6 is 45.2 Å². The highest BCUT2D eigenvalue weighted by Gasteiger charge is 2.17. The lowest BCUT2D eigenvalue weighted by molar-refractivity contribution is 0.102. The number of benzene rings is 2. The number of hydrogen-bond acceptors (Lipinski definition) is 2. The van der Waals surface area contributed by atoms with E-state index in [0.29, 0.717) is 0 Å². The summed E-state index contributed by atoms with van der Waals surface area (Å²) in [5.74, 6) is -0.0441. The average molecular weight is 532 g/mol. The van der Waals surface area contributed by atoms with Crippen LogP contribution in [-0.4, -0.2) is 19.0 Å². The number of piperidine rings is 1. The summed E-state index contributed by atoms with van der Waals surface area (Å²) in [4.78, 5) is 15.1. The molecule has 5 heteroatoms. The average Bonchev–Trinajstić information content (AvgIpc) is 2.58. The first-order chi connectivity index (χ1) is 11.1. The summed E-state index contributed by atoms with van der Waals surface area (Å²) in [5.41, 5.74) is 2.75. The predicted molar refractivity (Wildman–Crippen MR) is 112 cm³/mol. The molecule has 0 atom stereocenters. The molecule has 0 radical (unpaired) electrons. The van der Waals surface area contributed by atoms with Crippen molar-refractivity contribution in [1.29, 1.82) is 0 Å². The number of para-hydroxylation sites is 2. The van der Waals surface area contributed by atoms with Gasteiger partial charge in [0.25, 0.3) is 5.91 Å². The Balaban J connectivity index is 1.85. The topological polar surface area (TPSA) is 32.3 Å². The van der Waals surface area contributed by atoms with Gasteiger partial charge in [0, 0.05) is 20.2 Å². The van der Waals surface area contributed by atoms with Crippen molar-refractivity contribution in [2.75, 3.05) is 23.3 Å². The number of halogens is 2. The molecule has 0 aliphatic carbocycles. The Morgan fingerprint density at radius 2 is 1.74 bits per heavy atom. The summed E-state index contributed by atoms with van der Waals surface area (Å²) in [5, 5.41) is 3.10. The van der Waals surface area contributed by atoms with Crippen molar-refractivity contribution >= 4 is 62.5 Å². The number of nitrogens with zero attached hydrogens (tertiary/aromatic N) is 1. The van der Waals surface area contributed by atoms with E-state index in [4.69, 9.17) is 0 Å². The monoisotopic (exact) mass is 532 g/mol. The molecular weight excluding hydrogens is 514 g/mol. The van der Waals surface area contributed by atoms with E-state index in [1.165, 1.54) is 19.3 Å². The molecular formula is C18H18I2N2O. The maximum Gasteiger partial charge on any atom is 0.256 e. The minimum Gasteiger partial charge on any atom is -0.370 e. The van der Waals surface area contributed by atoms with Gasteiger partial charge in [0.1, 0.15) is 0 Å². The van der Waals surface area contributed by atoms with Gasteiger partial charge in [-0.2, -0.15) is 0 Å². The maximum absolute atomic E-state index is 12.7. The van der Waals surface area contributed by atoms with E-state index in [9.17, 15) is 4.79 Å². The molecule has 3 rings (SSSR count). The van der Waals surface area contributed by atoms with Crippen LogP contribution in [0.1, 0.15) is 29.6 Å². The van der Waals surface area contributed by atoms with Crippen LogP contribution in [0.15, 0.2) is 42.5 Å². The Hall–Kier alpha value is -0.830. The van der Waals surface area contributed by atoms with E-state index in [1.807, 2.05) is 36.4 Å². The Bertz CT molecular complexity index is 712. The van der Waals surface area contributed by atoms with Crippen molar-refractivity contribution in [3.05, 3.63) is 55.2 Å². The summed E-state index contributed by atoms with van der Waals surface area (Å²) in [7, 11) is 0. The fraction of sp³-hybridized carbons (Fsp3) is 0.278. The van der Waals surface area contributed by atoms with Gasteiger partial charge in [-0.25, -0.2) is 0 Å². The van der Waals surface area contributed by atoms with Gasteiger partial charge in [-0.15, -0.1) is 0 Å². The lowest BCUT2D eigenvalue weighted by Gasteiger charge is -2.30. The minimum absolute atomic E-state index is 0.0441. The summed E-state index contributed by atoms with van der Waals surface area (Å²) in [6, 6.07) is 14.0. The molecule has 1 heterocycles. The number of nitrogens with one attached hydrogen (secondary N) is 1. The van der Waals surface area contributed by atoms with E-state index in [0.717, 1.165) is 37.2 Å². The zero-order valence-electron chi connectivity index (χ0n) is 12.7. The highest BCUT2D eigenvalue weighted by atomic mass is 127. The Morgan fingerprint density at radius 3 is 2.52 bits per heavy atom. The Morgan fingerprint density at radius 1 is 1.00 bits per heavy atom. The summed E-state index contributed by atoms with van der Waals surface area (Å²) < 4.78 is 2.04. The molecule has 1 N–H and O–H groups in total. The molecule has 0 saturated carbocycles. The van der Waals surface area contributed by atoms with Gasteiger partial charge in [0.05, 0.1) is 16.9 Å². The third-order valence-electron chi connectivity index (χ3n) is 4.02. The molecule has 2 aromatic rings. The van der Waals surface area contributed by atoms with E-state index in [1.54, 1.807) is 0 Å². The molecule has 120 valence electrons. The van der Waals surface area contributed by atoms with Crippen molar-refractivity contribution in [1.82, 2.24) is 0 Å². The first-order valence-corrected chi connectivity index (χ1v) is 9.91. The van der Waals surface area contributed by atoms with Crippen LogP contribution in [0.3, 0.4) is 0 Å². The molecule has 0 unspecified atom stereocenters. The number of amides is 1. The second-order valence-corrected chi connectivity index (χ2v) is 8.05. The Kier molecular flexibility index (Phi) is 5.79. The van der Waals surface area contributed by atoms with E-state index >= 15 is 0 Å². The molecule has 23 heavy (non-hydrogen) atoms. The van der Waals surface area contributed by atoms with Gasteiger partial charge >= 0.3 is 0 Å². The van der Waals surface area contributed by atoms with Crippen LogP contribution in [0.25, 0.3) is 0 Å². The van der Waals surface area contributed by atoms with Gasteiger partial charge < -0.3 is 10.2 Å². The third-order valence-corrected chi connectivity index (χ3v) is 5.63. The number of anilines is 2. The first-order valence-electron chi connectivity index (χ1n) is 7.75. The fourth-order valence-corrected chi connectivity index (χ4v) is 3.92. The van der Waals surface area contributed by atoms with E-state index in [2.05, 4.69) is 61.5 Å². The van der Waals surface area contributed by atoms with Crippen LogP contribution in [-0.2, 0) is 0 Å². The van der Waals surface area contributed by atoms with E-state index < -0.39 is 0 Å². The smallest absolute Gasteiger partial charge is 0.256 e. The lowest BCUT2D eigenvalue weighted by Crippen LogP contribution is -2.30. The van der Waals surface area contributed by atoms with Crippen molar-refractivity contribution < 1.29 is 4.79 Å². The number of carbonyl (C=O) groups excluding carboxylic acids is 1. The largest absolute Gasteiger partial charge is 0.370 e. The summed E-state index contributed by atoms with van der Waals surface area (Å²) in [6.07, 6.45) is 3.74. The molecule has 0 aromatic heterocycles. The van der Waals surface area contributed by atoms with Crippen LogP contribution in [0, 0.1) is 7.14 Å². The van der Waals surface area contributed by atoms with Crippen LogP contribution < -0.4 is 10.2 Å². The molecule has 2 aromatic carbocycles. The molecule has 1 aliphatic rings. The molecule has 1 saturated heterocycles. The van der Waals surface area contributed by atoms with Gasteiger partial charge in [-0.1, -0.05) is 12.1 Å². The SMILES string of the molecule is O=C(Nc1ccccc1N1CCCCC1)c1cc(I)ccc1I. The molecule has 0 spiro atoms. The van der Waals surface area contributed by atoms with Crippen LogP contribution in [0.2, 0.25) is 0 Å². The molecule has 1 fully saturated rings. The minimum atomic E-state index is -0.0441. The summed E-state index contributed by atoms with van der Waals surface area (Å²) in [6.45, 7) is 2.13. The second-order valence-electron chi connectivity index (χ2n) is 5.64. The van der Waals surface area contributed by atoms with Gasteiger partial charge in [0.15, 0.2) is 0 Å². The Labute approximate surface area is 164 Å². The lowest BCUT2D eigenvalue weighted by atomic mass is 10.1. The number of hydrogen-bond donors (Lipinski definition) is 1. The van der Waals surface area contributed by atoms with Gasteiger partial charge in [0.2, 0.25) is 0 Å². The zero-order chi connectivity index (χ0) is 16.2. The van der Waals surface area contributed by atoms with Crippen molar-refractivity contribution in [3.8, 4) is 0 Å².